The molecule has 0 spiro atoms. The Balaban J connectivity index is 2.24. The highest BCUT2D eigenvalue weighted by atomic mass is 19.3. The van der Waals surface area contributed by atoms with Crippen LogP contribution >= 0.6 is 0 Å². The first-order valence-electron chi connectivity index (χ1n) is 4.83. The lowest BCUT2D eigenvalue weighted by Gasteiger charge is -2.32. The zero-order chi connectivity index (χ0) is 10.0. The van der Waals surface area contributed by atoms with Crippen molar-refractivity contribution in [3.8, 4) is 0 Å². The average molecular weight is 197 g/mol. The fourth-order valence-corrected chi connectivity index (χ4v) is 1.87. The van der Waals surface area contributed by atoms with Crippen LogP contribution in [0.5, 0.6) is 0 Å². The number of halogens is 2. The highest BCUT2D eigenvalue weighted by Gasteiger charge is 2.41. The minimum absolute atomic E-state index is 0.0629. The summed E-state index contributed by atoms with van der Waals surface area (Å²) in [6, 6.07) is 9.00. The molecule has 1 aliphatic rings. The summed E-state index contributed by atoms with van der Waals surface area (Å²) in [7, 11) is 0. The second-order valence-electron chi connectivity index (χ2n) is 3.68. The molecule has 1 aliphatic heterocycles. The third kappa shape index (κ3) is 1.77. The van der Waals surface area contributed by atoms with E-state index in [0.29, 0.717) is 13.1 Å². The Bertz CT molecular complexity index is 297. The van der Waals surface area contributed by atoms with Crippen molar-refractivity contribution in [3.63, 3.8) is 0 Å². The van der Waals surface area contributed by atoms with Gasteiger partial charge in [-0.1, -0.05) is 30.3 Å². The molecule has 0 aliphatic carbocycles. The molecule has 1 atom stereocenters. The van der Waals surface area contributed by atoms with Crippen LogP contribution in [0.2, 0.25) is 0 Å². The topological polar surface area (TPSA) is 12.0 Å². The maximum Gasteiger partial charge on any atom is 0.257 e. The molecule has 1 N–H and O–H groups in total. The quantitative estimate of drug-likeness (QED) is 0.729. The number of hydrogen-bond acceptors (Lipinski definition) is 1. The van der Waals surface area contributed by atoms with Crippen LogP contribution in [0.1, 0.15) is 17.9 Å². The van der Waals surface area contributed by atoms with E-state index in [9.17, 15) is 8.78 Å². The molecule has 0 saturated carbocycles. The fourth-order valence-electron chi connectivity index (χ4n) is 1.87. The molecule has 1 saturated heterocycles. The zero-order valence-electron chi connectivity index (χ0n) is 7.84. The Morgan fingerprint density at radius 2 is 1.93 bits per heavy atom. The monoisotopic (exact) mass is 197 g/mol. The lowest BCUT2D eigenvalue weighted by atomic mass is 9.88. The SMILES string of the molecule is FC1(F)CCNCC1c1ccccc1. The van der Waals surface area contributed by atoms with Crippen molar-refractivity contribution in [2.24, 2.45) is 0 Å². The summed E-state index contributed by atoms with van der Waals surface area (Å²) < 4.78 is 27.0. The predicted molar refractivity (Wildman–Crippen MR) is 51.6 cm³/mol. The molecule has 0 bridgehead atoms. The summed E-state index contributed by atoms with van der Waals surface area (Å²) in [4.78, 5) is 0. The number of alkyl halides is 2. The van der Waals surface area contributed by atoms with Crippen LogP contribution in [0, 0.1) is 0 Å². The van der Waals surface area contributed by atoms with Crippen molar-refractivity contribution in [1.29, 1.82) is 0 Å². The number of rotatable bonds is 1. The number of piperidine rings is 1. The lowest BCUT2D eigenvalue weighted by Crippen LogP contribution is -2.42. The van der Waals surface area contributed by atoms with E-state index in [1.165, 1.54) is 0 Å². The summed E-state index contributed by atoms with van der Waals surface area (Å²) in [5.41, 5.74) is 0.727. The minimum atomic E-state index is -2.56. The van der Waals surface area contributed by atoms with Crippen LogP contribution < -0.4 is 5.32 Å². The highest BCUT2D eigenvalue weighted by Crippen LogP contribution is 2.37. The molecule has 3 heteroatoms. The summed E-state index contributed by atoms with van der Waals surface area (Å²) in [6.07, 6.45) is -0.0629. The third-order valence-corrected chi connectivity index (χ3v) is 2.70. The molecule has 2 rings (SSSR count). The van der Waals surface area contributed by atoms with Gasteiger partial charge in [-0.2, -0.15) is 0 Å². The molecule has 0 radical (unpaired) electrons. The van der Waals surface area contributed by atoms with E-state index in [-0.39, 0.29) is 6.42 Å². The van der Waals surface area contributed by atoms with Crippen molar-refractivity contribution in [2.75, 3.05) is 13.1 Å². The third-order valence-electron chi connectivity index (χ3n) is 2.70. The van der Waals surface area contributed by atoms with Gasteiger partial charge in [-0.3, -0.25) is 0 Å². The molecule has 1 unspecified atom stereocenters. The van der Waals surface area contributed by atoms with Gasteiger partial charge in [0.1, 0.15) is 0 Å². The first kappa shape index (κ1) is 9.59. The molecule has 76 valence electrons. The van der Waals surface area contributed by atoms with Crippen LogP contribution in [-0.2, 0) is 0 Å². The van der Waals surface area contributed by atoms with E-state index in [2.05, 4.69) is 5.32 Å². The van der Waals surface area contributed by atoms with Crippen LogP contribution in [0.3, 0.4) is 0 Å². The smallest absolute Gasteiger partial charge is 0.257 e. The van der Waals surface area contributed by atoms with Gasteiger partial charge < -0.3 is 5.32 Å². The fraction of sp³-hybridized carbons (Fsp3) is 0.455. The summed E-state index contributed by atoms with van der Waals surface area (Å²) in [5.74, 6) is -3.23. The second-order valence-corrected chi connectivity index (χ2v) is 3.68. The van der Waals surface area contributed by atoms with E-state index in [0.717, 1.165) is 5.56 Å². The molecule has 1 heterocycles. The van der Waals surface area contributed by atoms with Crippen LogP contribution in [0.25, 0.3) is 0 Å². The Hall–Kier alpha value is -0.960. The Morgan fingerprint density at radius 3 is 2.57 bits per heavy atom. The van der Waals surface area contributed by atoms with Gasteiger partial charge in [-0.25, -0.2) is 8.78 Å². The van der Waals surface area contributed by atoms with Gasteiger partial charge >= 0.3 is 0 Å². The van der Waals surface area contributed by atoms with Crippen molar-refractivity contribution in [2.45, 2.75) is 18.3 Å². The maximum absolute atomic E-state index is 13.5. The lowest BCUT2D eigenvalue weighted by molar-refractivity contribution is -0.0479. The van der Waals surface area contributed by atoms with E-state index in [1.807, 2.05) is 6.07 Å². The second kappa shape index (κ2) is 3.65. The first-order valence-corrected chi connectivity index (χ1v) is 4.83. The molecular formula is C11H13F2N. The normalized spacial score (nSPS) is 26.0. The molecule has 1 fully saturated rings. The number of benzene rings is 1. The summed E-state index contributed by atoms with van der Waals surface area (Å²) >= 11 is 0. The van der Waals surface area contributed by atoms with Crippen molar-refractivity contribution in [1.82, 2.24) is 5.32 Å². The maximum atomic E-state index is 13.5. The van der Waals surface area contributed by atoms with Gasteiger partial charge in [0.25, 0.3) is 5.92 Å². The molecule has 1 aromatic rings. The van der Waals surface area contributed by atoms with Gasteiger partial charge in [0.15, 0.2) is 0 Å². The molecule has 0 aromatic heterocycles. The minimum Gasteiger partial charge on any atom is -0.316 e. The number of hydrogen-bond donors (Lipinski definition) is 1. The molecular weight excluding hydrogens is 184 g/mol. The average Bonchev–Trinajstić information content (AvgIpc) is 2.18. The van der Waals surface area contributed by atoms with Gasteiger partial charge in [0.05, 0.1) is 5.92 Å². The van der Waals surface area contributed by atoms with Crippen molar-refractivity contribution >= 4 is 0 Å². The van der Waals surface area contributed by atoms with Crippen molar-refractivity contribution in [3.05, 3.63) is 35.9 Å². The molecule has 1 nitrogen and oxygen atoms in total. The first-order chi connectivity index (χ1) is 6.70. The van der Waals surface area contributed by atoms with Gasteiger partial charge in [-0.15, -0.1) is 0 Å². The van der Waals surface area contributed by atoms with E-state index < -0.39 is 11.8 Å². The zero-order valence-corrected chi connectivity index (χ0v) is 7.84. The number of nitrogens with one attached hydrogen (secondary N) is 1. The van der Waals surface area contributed by atoms with Gasteiger partial charge in [0, 0.05) is 19.5 Å². The van der Waals surface area contributed by atoms with E-state index in [1.54, 1.807) is 24.3 Å². The standard InChI is InChI=1S/C11H13F2N/c12-11(13)6-7-14-8-10(11)9-4-2-1-3-5-9/h1-5,10,14H,6-8H2. The molecule has 14 heavy (non-hydrogen) atoms. The van der Waals surface area contributed by atoms with Crippen LogP contribution in [0.4, 0.5) is 8.78 Å². The van der Waals surface area contributed by atoms with Gasteiger partial charge in [0.2, 0.25) is 0 Å². The van der Waals surface area contributed by atoms with E-state index in [4.69, 9.17) is 0 Å². The van der Waals surface area contributed by atoms with Crippen LogP contribution in [0.15, 0.2) is 30.3 Å². The molecule has 0 amide bonds. The largest absolute Gasteiger partial charge is 0.316 e. The Labute approximate surface area is 82.1 Å². The highest BCUT2D eigenvalue weighted by molar-refractivity contribution is 5.23. The Kier molecular flexibility index (Phi) is 2.50. The van der Waals surface area contributed by atoms with Gasteiger partial charge in [-0.05, 0) is 5.56 Å². The van der Waals surface area contributed by atoms with Crippen molar-refractivity contribution < 1.29 is 8.78 Å². The summed E-state index contributed by atoms with van der Waals surface area (Å²) in [5, 5.41) is 3.01. The predicted octanol–water partition coefficient (Wildman–Crippen LogP) is 2.40. The van der Waals surface area contributed by atoms with Crippen LogP contribution in [-0.4, -0.2) is 19.0 Å². The van der Waals surface area contributed by atoms with E-state index >= 15 is 0 Å². The Morgan fingerprint density at radius 1 is 1.21 bits per heavy atom. The molecule has 1 aromatic carbocycles. The summed E-state index contributed by atoms with van der Waals surface area (Å²) in [6.45, 7) is 0.785.